The molecule has 0 radical (unpaired) electrons. The summed E-state index contributed by atoms with van der Waals surface area (Å²) in [6.45, 7) is 0.368. The lowest BCUT2D eigenvalue weighted by molar-refractivity contribution is 0.418. The summed E-state index contributed by atoms with van der Waals surface area (Å²) in [6.07, 6.45) is 0. The van der Waals surface area contributed by atoms with Crippen LogP contribution in [0.15, 0.2) is 29.1 Å². The molecule has 0 atom stereocenters. The molecule has 0 amide bonds. The molecule has 18 heavy (non-hydrogen) atoms. The molecule has 2 aromatic rings. The van der Waals surface area contributed by atoms with Gasteiger partial charge in [0, 0.05) is 10.8 Å². The fourth-order valence-corrected chi connectivity index (χ4v) is 3.20. The van der Waals surface area contributed by atoms with Crippen molar-refractivity contribution >= 4 is 23.4 Å². The summed E-state index contributed by atoms with van der Waals surface area (Å²) in [5.74, 6) is 1.39. The summed E-state index contributed by atoms with van der Waals surface area (Å²) in [7, 11) is 0. The lowest BCUT2D eigenvalue weighted by atomic mass is 10.2. The summed E-state index contributed by atoms with van der Waals surface area (Å²) in [4.78, 5) is 12.1. The fraction of sp³-hybridized carbons (Fsp3) is 0.250. The van der Waals surface area contributed by atoms with Gasteiger partial charge in [-0.15, -0.1) is 11.8 Å². The zero-order chi connectivity index (χ0) is 12.7. The Morgan fingerprint density at radius 1 is 1.33 bits per heavy atom. The molecule has 1 aromatic heterocycles. The van der Waals surface area contributed by atoms with Crippen LogP contribution in [0.2, 0.25) is 5.02 Å². The molecule has 1 aliphatic heterocycles. The number of hydrogen-bond acceptors (Lipinski definition) is 3. The van der Waals surface area contributed by atoms with Crippen LogP contribution in [0.5, 0.6) is 5.88 Å². The molecule has 1 aromatic carbocycles. The van der Waals surface area contributed by atoms with E-state index in [4.69, 9.17) is 11.6 Å². The van der Waals surface area contributed by atoms with Crippen LogP contribution in [-0.2, 0) is 18.2 Å². The van der Waals surface area contributed by atoms with E-state index in [2.05, 4.69) is 0 Å². The lowest BCUT2D eigenvalue weighted by Crippen LogP contribution is -2.23. The second kappa shape index (κ2) is 4.40. The normalized spacial score (nSPS) is 13.8. The van der Waals surface area contributed by atoms with Gasteiger partial charge in [-0.05, 0) is 17.7 Å². The van der Waals surface area contributed by atoms with Gasteiger partial charge in [-0.3, -0.25) is 9.13 Å². The Bertz CT molecular complexity index is 645. The highest BCUT2D eigenvalue weighted by molar-refractivity contribution is 7.97. The molecule has 0 saturated heterocycles. The average Bonchev–Trinajstić information content (AvgIpc) is 2.92. The molecular weight excluding hydrogens is 272 g/mol. The predicted molar refractivity (Wildman–Crippen MR) is 72.2 cm³/mol. The molecule has 0 saturated carbocycles. The van der Waals surface area contributed by atoms with Crippen LogP contribution >= 0.6 is 23.4 Å². The SMILES string of the molecule is O=c1n(Cc2ccc(Cl)cc2)c(O)c2n1CSC2. The summed E-state index contributed by atoms with van der Waals surface area (Å²) in [6, 6.07) is 7.26. The number of benzene rings is 1. The maximum atomic E-state index is 12.1. The molecule has 0 spiro atoms. The van der Waals surface area contributed by atoms with Gasteiger partial charge in [-0.1, -0.05) is 23.7 Å². The molecule has 1 N–H and O–H groups in total. The molecule has 0 aliphatic carbocycles. The van der Waals surface area contributed by atoms with Crippen LogP contribution in [0, 0.1) is 0 Å². The van der Waals surface area contributed by atoms with E-state index in [1.54, 1.807) is 28.5 Å². The number of imidazole rings is 1. The summed E-state index contributed by atoms with van der Waals surface area (Å²) in [5, 5.41) is 10.7. The van der Waals surface area contributed by atoms with Gasteiger partial charge < -0.3 is 5.11 Å². The topological polar surface area (TPSA) is 47.2 Å². The van der Waals surface area contributed by atoms with Gasteiger partial charge in [-0.25, -0.2) is 4.79 Å². The number of rotatable bonds is 2. The van der Waals surface area contributed by atoms with Crippen molar-refractivity contribution in [2.45, 2.75) is 18.2 Å². The van der Waals surface area contributed by atoms with Crippen molar-refractivity contribution in [2.75, 3.05) is 0 Å². The van der Waals surface area contributed by atoms with E-state index in [9.17, 15) is 9.90 Å². The molecule has 3 rings (SSSR count). The number of thioether (sulfide) groups is 1. The Labute approximate surface area is 113 Å². The fourth-order valence-electron chi connectivity index (χ4n) is 2.05. The lowest BCUT2D eigenvalue weighted by Gasteiger charge is -2.04. The van der Waals surface area contributed by atoms with Gasteiger partial charge in [0.2, 0.25) is 5.88 Å². The van der Waals surface area contributed by atoms with Crippen molar-refractivity contribution in [1.82, 2.24) is 9.13 Å². The van der Waals surface area contributed by atoms with Crippen molar-refractivity contribution in [1.29, 1.82) is 0 Å². The zero-order valence-electron chi connectivity index (χ0n) is 9.47. The maximum Gasteiger partial charge on any atom is 0.332 e. The largest absolute Gasteiger partial charge is 0.493 e. The molecule has 0 fully saturated rings. The van der Waals surface area contributed by atoms with Gasteiger partial charge in [-0.2, -0.15) is 0 Å². The number of fused-ring (bicyclic) bond motifs is 1. The highest BCUT2D eigenvalue weighted by atomic mass is 35.5. The minimum absolute atomic E-state index is 0.0833. The van der Waals surface area contributed by atoms with Crippen molar-refractivity contribution in [3.05, 3.63) is 51.0 Å². The third-order valence-electron chi connectivity index (χ3n) is 3.01. The van der Waals surface area contributed by atoms with Gasteiger partial charge in [0.1, 0.15) is 0 Å². The molecular formula is C12H11ClN2O2S. The van der Waals surface area contributed by atoms with Crippen molar-refractivity contribution < 1.29 is 5.11 Å². The summed E-state index contributed by atoms with van der Waals surface area (Å²) >= 11 is 7.44. The minimum Gasteiger partial charge on any atom is -0.493 e. The molecule has 94 valence electrons. The summed E-state index contributed by atoms with van der Waals surface area (Å²) < 4.78 is 3.02. The van der Waals surface area contributed by atoms with Crippen LogP contribution in [0.4, 0.5) is 0 Å². The quantitative estimate of drug-likeness (QED) is 0.919. The highest BCUT2D eigenvalue weighted by Gasteiger charge is 2.23. The van der Waals surface area contributed by atoms with Gasteiger partial charge in [0.15, 0.2) is 0 Å². The van der Waals surface area contributed by atoms with E-state index in [1.165, 1.54) is 4.57 Å². The van der Waals surface area contributed by atoms with Crippen molar-refractivity contribution in [3.8, 4) is 5.88 Å². The van der Waals surface area contributed by atoms with E-state index < -0.39 is 0 Å². The number of aromatic nitrogens is 2. The van der Waals surface area contributed by atoms with E-state index in [1.807, 2.05) is 12.1 Å². The molecule has 0 unspecified atom stereocenters. The monoisotopic (exact) mass is 282 g/mol. The number of nitrogens with zero attached hydrogens (tertiary/aromatic N) is 2. The Balaban J connectivity index is 1.99. The van der Waals surface area contributed by atoms with E-state index in [-0.39, 0.29) is 11.6 Å². The van der Waals surface area contributed by atoms with Crippen LogP contribution in [0.1, 0.15) is 11.3 Å². The number of aromatic hydroxyl groups is 1. The first-order valence-electron chi connectivity index (χ1n) is 5.50. The minimum atomic E-state index is -0.151. The number of hydrogen-bond donors (Lipinski definition) is 1. The zero-order valence-corrected chi connectivity index (χ0v) is 11.0. The smallest absolute Gasteiger partial charge is 0.332 e. The van der Waals surface area contributed by atoms with Gasteiger partial charge in [0.25, 0.3) is 0 Å². The Morgan fingerprint density at radius 2 is 2.06 bits per heavy atom. The second-order valence-electron chi connectivity index (χ2n) is 4.17. The van der Waals surface area contributed by atoms with E-state index >= 15 is 0 Å². The van der Waals surface area contributed by atoms with Gasteiger partial charge >= 0.3 is 5.69 Å². The Kier molecular flexibility index (Phi) is 2.87. The Morgan fingerprint density at radius 3 is 2.72 bits per heavy atom. The Hall–Kier alpha value is -1.33. The first kappa shape index (κ1) is 11.7. The van der Waals surface area contributed by atoms with Crippen LogP contribution < -0.4 is 5.69 Å². The third-order valence-corrected chi connectivity index (χ3v) is 4.18. The first-order valence-corrected chi connectivity index (χ1v) is 7.03. The van der Waals surface area contributed by atoms with Gasteiger partial charge in [0.05, 0.1) is 18.1 Å². The predicted octanol–water partition coefficient (Wildman–Crippen LogP) is 2.26. The average molecular weight is 283 g/mol. The maximum absolute atomic E-state index is 12.1. The van der Waals surface area contributed by atoms with E-state index in [0.717, 1.165) is 11.3 Å². The first-order chi connectivity index (χ1) is 8.66. The van der Waals surface area contributed by atoms with Crippen LogP contribution in [0.3, 0.4) is 0 Å². The van der Waals surface area contributed by atoms with Crippen molar-refractivity contribution in [3.63, 3.8) is 0 Å². The molecule has 2 heterocycles. The molecule has 4 nitrogen and oxygen atoms in total. The summed E-state index contributed by atoms with van der Waals surface area (Å²) in [5.41, 5.74) is 1.51. The molecule has 0 bridgehead atoms. The standard InChI is InChI=1S/C12H11ClN2O2S/c13-9-3-1-8(2-4-9)5-14-11(16)10-6-18-7-15(10)12(14)17/h1-4,16H,5-7H2. The van der Waals surface area contributed by atoms with Crippen LogP contribution in [0.25, 0.3) is 0 Å². The van der Waals surface area contributed by atoms with Crippen LogP contribution in [-0.4, -0.2) is 14.2 Å². The molecule has 6 heteroatoms. The van der Waals surface area contributed by atoms with E-state index in [0.29, 0.717) is 23.2 Å². The van der Waals surface area contributed by atoms with Crippen molar-refractivity contribution in [2.24, 2.45) is 0 Å². The second-order valence-corrected chi connectivity index (χ2v) is 5.56. The third kappa shape index (κ3) is 1.83. The highest BCUT2D eigenvalue weighted by Crippen LogP contribution is 2.29. The molecule has 1 aliphatic rings. The number of halogens is 1.